The van der Waals surface area contributed by atoms with Crippen molar-refractivity contribution in [2.75, 3.05) is 0 Å². The SMILES string of the molecule is C=C1C(=O)O[C@@H]2C=C(C)[C@@H]3[C@@H]([C@H](O)[C@H]12)[C@](C)(O)C[C@@H]3OC(C)=O. The molecule has 0 aromatic rings. The summed E-state index contributed by atoms with van der Waals surface area (Å²) in [5.41, 5.74) is -0.160. The summed E-state index contributed by atoms with van der Waals surface area (Å²) < 4.78 is 10.7. The molecule has 0 bridgehead atoms. The van der Waals surface area contributed by atoms with Crippen LogP contribution in [0.1, 0.15) is 27.2 Å². The fraction of sp³-hybridized carbons (Fsp3) is 0.647. The molecule has 0 amide bonds. The smallest absolute Gasteiger partial charge is 0.334 e. The molecule has 0 radical (unpaired) electrons. The first-order valence-corrected chi connectivity index (χ1v) is 7.79. The molecular weight excluding hydrogens is 300 g/mol. The number of ether oxygens (including phenoxy) is 2. The molecule has 3 rings (SSSR count). The molecule has 7 atom stereocenters. The number of hydrogen-bond acceptors (Lipinski definition) is 6. The third-order valence-corrected chi connectivity index (χ3v) is 5.39. The standard InChI is InChI=1S/C17H22O6/c1-7-5-10-13(8(2)16(20)23-10)15(19)14-12(7)11(22-9(3)18)6-17(14,4)21/h5,10-15,19,21H,2,6H2,1,3-4H3/t10-,11+,12+,13-,14+,15-,17-/m1/s1. The van der Waals surface area contributed by atoms with Crippen LogP contribution in [0.5, 0.6) is 0 Å². The van der Waals surface area contributed by atoms with Crippen molar-refractivity contribution in [2.24, 2.45) is 17.8 Å². The third-order valence-electron chi connectivity index (χ3n) is 5.39. The van der Waals surface area contributed by atoms with Crippen LogP contribution in [0.25, 0.3) is 0 Å². The van der Waals surface area contributed by atoms with Crippen molar-refractivity contribution in [3.8, 4) is 0 Å². The molecule has 1 heterocycles. The van der Waals surface area contributed by atoms with Gasteiger partial charge in [-0.2, -0.15) is 0 Å². The lowest BCUT2D eigenvalue weighted by molar-refractivity contribution is -0.148. The van der Waals surface area contributed by atoms with Crippen molar-refractivity contribution in [1.29, 1.82) is 0 Å². The van der Waals surface area contributed by atoms with E-state index in [0.29, 0.717) is 0 Å². The first-order chi connectivity index (χ1) is 10.6. The highest BCUT2D eigenvalue weighted by molar-refractivity contribution is 5.91. The van der Waals surface area contributed by atoms with Crippen molar-refractivity contribution in [3.05, 3.63) is 23.8 Å². The summed E-state index contributed by atoms with van der Waals surface area (Å²) in [5, 5.41) is 21.7. The van der Waals surface area contributed by atoms with Gasteiger partial charge in [0.2, 0.25) is 0 Å². The molecule has 0 aromatic carbocycles. The number of carbonyl (C=O) groups excluding carboxylic acids is 2. The summed E-state index contributed by atoms with van der Waals surface area (Å²) >= 11 is 0. The molecule has 126 valence electrons. The molecular formula is C17H22O6. The van der Waals surface area contributed by atoms with Gasteiger partial charge in [0.05, 0.1) is 17.6 Å². The summed E-state index contributed by atoms with van der Waals surface area (Å²) in [6, 6.07) is 0. The lowest BCUT2D eigenvalue weighted by Gasteiger charge is -2.35. The van der Waals surface area contributed by atoms with E-state index in [1.807, 2.05) is 6.92 Å². The van der Waals surface area contributed by atoms with Gasteiger partial charge in [-0.15, -0.1) is 0 Å². The minimum absolute atomic E-state index is 0.221. The zero-order valence-electron chi connectivity index (χ0n) is 13.5. The molecule has 0 unspecified atom stereocenters. The van der Waals surface area contributed by atoms with Gasteiger partial charge in [0.25, 0.3) is 0 Å². The Balaban J connectivity index is 2.05. The summed E-state index contributed by atoms with van der Waals surface area (Å²) in [6.07, 6.45) is -0.0891. The van der Waals surface area contributed by atoms with E-state index in [9.17, 15) is 19.8 Å². The maximum absolute atomic E-state index is 11.8. The fourth-order valence-corrected chi connectivity index (χ4v) is 4.51. The van der Waals surface area contributed by atoms with Crippen molar-refractivity contribution < 1.29 is 29.3 Å². The zero-order chi connectivity index (χ0) is 17.1. The van der Waals surface area contributed by atoms with Crippen molar-refractivity contribution in [2.45, 2.75) is 51.1 Å². The average molecular weight is 322 g/mol. The van der Waals surface area contributed by atoms with Gasteiger partial charge in [-0.25, -0.2) is 4.79 Å². The van der Waals surface area contributed by atoms with Crippen LogP contribution in [0, 0.1) is 17.8 Å². The summed E-state index contributed by atoms with van der Waals surface area (Å²) in [7, 11) is 0. The van der Waals surface area contributed by atoms with E-state index in [1.54, 1.807) is 13.0 Å². The van der Waals surface area contributed by atoms with Gasteiger partial charge in [0.15, 0.2) is 0 Å². The summed E-state index contributed by atoms with van der Waals surface area (Å²) in [4.78, 5) is 23.2. The van der Waals surface area contributed by atoms with E-state index in [1.165, 1.54) is 6.92 Å². The second-order valence-corrected chi connectivity index (χ2v) is 7.08. The zero-order valence-corrected chi connectivity index (χ0v) is 13.5. The second-order valence-electron chi connectivity index (χ2n) is 7.08. The molecule has 2 N–H and O–H groups in total. The van der Waals surface area contributed by atoms with Crippen LogP contribution in [-0.4, -0.2) is 46.1 Å². The van der Waals surface area contributed by atoms with E-state index in [0.717, 1.165) is 5.57 Å². The molecule has 6 heteroatoms. The molecule has 6 nitrogen and oxygen atoms in total. The Morgan fingerprint density at radius 2 is 2.13 bits per heavy atom. The van der Waals surface area contributed by atoms with Crippen LogP contribution in [0.2, 0.25) is 0 Å². The molecule has 0 spiro atoms. The van der Waals surface area contributed by atoms with Gasteiger partial charge in [-0.1, -0.05) is 12.2 Å². The molecule has 23 heavy (non-hydrogen) atoms. The van der Waals surface area contributed by atoms with Crippen molar-refractivity contribution >= 4 is 11.9 Å². The van der Waals surface area contributed by atoms with Crippen LogP contribution in [0.4, 0.5) is 0 Å². The molecule has 1 aliphatic heterocycles. The number of rotatable bonds is 1. The lowest BCUT2D eigenvalue weighted by atomic mass is 9.75. The molecule has 3 aliphatic rings. The normalized spacial score (nSPS) is 45.7. The lowest BCUT2D eigenvalue weighted by Crippen LogP contribution is -2.45. The minimum atomic E-state index is -1.22. The van der Waals surface area contributed by atoms with Gasteiger partial charge >= 0.3 is 11.9 Å². The number of fused-ring (bicyclic) bond motifs is 2. The quantitative estimate of drug-likeness (QED) is 0.420. The number of hydrogen-bond donors (Lipinski definition) is 2. The van der Waals surface area contributed by atoms with Gasteiger partial charge < -0.3 is 19.7 Å². The topological polar surface area (TPSA) is 93.1 Å². The number of carbonyl (C=O) groups is 2. The Labute approximate surface area is 134 Å². The Kier molecular flexibility index (Phi) is 3.65. The predicted octanol–water partition coefficient (Wildman–Crippen LogP) is 0.724. The Morgan fingerprint density at radius 1 is 1.48 bits per heavy atom. The molecule has 0 aromatic heterocycles. The predicted molar refractivity (Wildman–Crippen MR) is 80.0 cm³/mol. The van der Waals surface area contributed by atoms with Crippen LogP contribution >= 0.6 is 0 Å². The maximum atomic E-state index is 11.8. The molecule has 2 aliphatic carbocycles. The van der Waals surface area contributed by atoms with Gasteiger partial charge in [-0.3, -0.25) is 4.79 Å². The largest absolute Gasteiger partial charge is 0.462 e. The van der Waals surface area contributed by atoms with Crippen LogP contribution in [-0.2, 0) is 19.1 Å². The third kappa shape index (κ3) is 2.40. The first-order valence-electron chi connectivity index (χ1n) is 7.79. The molecule has 2 fully saturated rings. The highest BCUT2D eigenvalue weighted by atomic mass is 16.6. The molecule has 1 saturated carbocycles. The minimum Gasteiger partial charge on any atom is -0.462 e. The van der Waals surface area contributed by atoms with E-state index in [-0.39, 0.29) is 17.9 Å². The number of aliphatic hydroxyl groups is 2. The highest BCUT2D eigenvalue weighted by Gasteiger charge is 2.60. The van der Waals surface area contributed by atoms with Crippen LogP contribution < -0.4 is 0 Å². The Morgan fingerprint density at radius 3 is 2.74 bits per heavy atom. The van der Waals surface area contributed by atoms with Gasteiger partial charge in [0.1, 0.15) is 12.2 Å². The van der Waals surface area contributed by atoms with Crippen molar-refractivity contribution in [1.82, 2.24) is 0 Å². The monoisotopic (exact) mass is 322 g/mol. The van der Waals surface area contributed by atoms with E-state index in [2.05, 4.69) is 6.58 Å². The van der Waals surface area contributed by atoms with Crippen LogP contribution in [0.3, 0.4) is 0 Å². The number of esters is 2. The van der Waals surface area contributed by atoms with Gasteiger partial charge in [0, 0.05) is 30.8 Å². The Hall–Kier alpha value is -1.66. The average Bonchev–Trinajstić information content (AvgIpc) is 2.77. The van der Waals surface area contributed by atoms with E-state index in [4.69, 9.17) is 9.47 Å². The Bertz CT molecular complexity index is 604. The fourth-order valence-electron chi connectivity index (χ4n) is 4.51. The van der Waals surface area contributed by atoms with E-state index >= 15 is 0 Å². The molecule has 1 saturated heterocycles. The van der Waals surface area contributed by atoms with Crippen LogP contribution in [0.15, 0.2) is 23.8 Å². The van der Waals surface area contributed by atoms with Gasteiger partial charge in [-0.05, 0) is 19.9 Å². The highest BCUT2D eigenvalue weighted by Crippen LogP contribution is 2.52. The number of aliphatic hydroxyl groups excluding tert-OH is 1. The summed E-state index contributed by atoms with van der Waals surface area (Å²) in [6.45, 7) is 8.54. The summed E-state index contributed by atoms with van der Waals surface area (Å²) in [5.74, 6) is -2.41. The van der Waals surface area contributed by atoms with E-state index < -0.39 is 47.7 Å². The maximum Gasteiger partial charge on any atom is 0.334 e. The first kappa shape index (κ1) is 16.2. The van der Waals surface area contributed by atoms with Crippen molar-refractivity contribution in [3.63, 3.8) is 0 Å². The second kappa shape index (κ2) is 5.18.